The number of anilines is 2. The number of carbonyl (C=O) groups excluding carboxylic acids is 2. The van der Waals surface area contributed by atoms with Crippen LogP contribution in [0.15, 0.2) is 41.0 Å². The summed E-state index contributed by atoms with van der Waals surface area (Å²) < 4.78 is 14.0. The van der Waals surface area contributed by atoms with Crippen molar-refractivity contribution in [2.45, 2.75) is 13.0 Å². The van der Waals surface area contributed by atoms with Crippen molar-refractivity contribution in [2.24, 2.45) is 0 Å². The van der Waals surface area contributed by atoms with Gasteiger partial charge in [0.05, 0.1) is 17.6 Å². The van der Waals surface area contributed by atoms with Crippen molar-refractivity contribution in [3.8, 4) is 0 Å². The van der Waals surface area contributed by atoms with E-state index >= 15 is 0 Å². The molecule has 1 aromatic heterocycles. The normalized spacial score (nSPS) is 11.9. The standard InChI is InChI=1S/C17H17BrClFN4O2/c1-10(17(26)22-12-4-5-14(20)13(19)7-12)24(2)9-16(25)23-15-6-3-11(18)8-21-15/h3-8,10H,9H2,1-2H3,(H,22,26)(H,21,23,25). The molecule has 1 heterocycles. The highest BCUT2D eigenvalue weighted by atomic mass is 79.9. The molecule has 0 fully saturated rings. The number of nitrogens with one attached hydrogen (secondary N) is 2. The zero-order chi connectivity index (χ0) is 19.3. The van der Waals surface area contributed by atoms with Crippen LogP contribution in [0.3, 0.4) is 0 Å². The van der Waals surface area contributed by atoms with Crippen LogP contribution in [0.4, 0.5) is 15.9 Å². The Morgan fingerprint density at radius 1 is 1.31 bits per heavy atom. The summed E-state index contributed by atoms with van der Waals surface area (Å²) in [4.78, 5) is 30.0. The molecule has 0 spiro atoms. The zero-order valence-corrected chi connectivity index (χ0v) is 16.4. The Hall–Kier alpha value is -2.03. The van der Waals surface area contributed by atoms with Crippen molar-refractivity contribution in [3.63, 3.8) is 0 Å². The van der Waals surface area contributed by atoms with Crippen molar-refractivity contribution in [3.05, 3.63) is 51.8 Å². The van der Waals surface area contributed by atoms with Crippen molar-refractivity contribution in [1.29, 1.82) is 0 Å². The smallest absolute Gasteiger partial charge is 0.241 e. The van der Waals surface area contributed by atoms with E-state index in [4.69, 9.17) is 11.6 Å². The molecule has 1 unspecified atom stereocenters. The Morgan fingerprint density at radius 3 is 2.65 bits per heavy atom. The van der Waals surface area contributed by atoms with Gasteiger partial charge in [-0.15, -0.1) is 0 Å². The van der Waals surface area contributed by atoms with Gasteiger partial charge in [-0.2, -0.15) is 0 Å². The fraction of sp³-hybridized carbons (Fsp3) is 0.235. The molecule has 0 saturated carbocycles. The molecule has 26 heavy (non-hydrogen) atoms. The quantitative estimate of drug-likeness (QED) is 0.716. The highest BCUT2D eigenvalue weighted by Crippen LogP contribution is 2.19. The molecule has 0 bridgehead atoms. The lowest BCUT2D eigenvalue weighted by atomic mass is 10.2. The van der Waals surface area contributed by atoms with Gasteiger partial charge in [0.25, 0.3) is 0 Å². The number of hydrogen-bond acceptors (Lipinski definition) is 4. The lowest BCUT2D eigenvalue weighted by Gasteiger charge is -2.23. The maximum Gasteiger partial charge on any atom is 0.241 e. The zero-order valence-electron chi connectivity index (χ0n) is 14.1. The van der Waals surface area contributed by atoms with Crippen LogP contribution in [0.5, 0.6) is 0 Å². The van der Waals surface area contributed by atoms with E-state index in [0.717, 1.165) is 4.47 Å². The summed E-state index contributed by atoms with van der Waals surface area (Å²) in [5.41, 5.74) is 0.380. The highest BCUT2D eigenvalue weighted by Gasteiger charge is 2.20. The SMILES string of the molecule is CC(C(=O)Nc1ccc(F)c(Cl)c1)N(C)CC(=O)Nc1ccc(Br)cn1. The van der Waals surface area contributed by atoms with Crippen LogP contribution in [0.25, 0.3) is 0 Å². The van der Waals surface area contributed by atoms with E-state index in [2.05, 4.69) is 31.5 Å². The molecule has 2 aromatic rings. The van der Waals surface area contributed by atoms with Crippen molar-refractivity contribution in [2.75, 3.05) is 24.2 Å². The first-order valence-corrected chi connectivity index (χ1v) is 8.81. The number of nitrogens with zero attached hydrogens (tertiary/aromatic N) is 2. The number of benzene rings is 1. The second-order valence-electron chi connectivity index (χ2n) is 5.62. The Morgan fingerprint density at radius 2 is 2.04 bits per heavy atom. The molecule has 0 aliphatic carbocycles. The summed E-state index contributed by atoms with van der Waals surface area (Å²) >= 11 is 8.96. The number of pyridine rings is 1. The monoisotopic (exact) mass is 442 g/mol. The minimum Gasteiger partial charge on any atom is -0.325 e. The van der Waals surface area contributed by atoms with Crippen molar-refractivity contribution >= 4 is 50.9 Å². The number of hydrogen-bond donors (Lipinski definition) is 2. The average molecular weight is 444 g/mol. The molecule has 6 nitrogen and oxygen atoms in total. The fourth-order valence-electron chi connectivity index (χ4n) is 2.02. The lowest BCUT2D eigenvalue weighted by molar-refractivity contribution is -0.122. The van der Waals surface area contributed by atoms with Gasteiger partial charge in [0.15, 0.2) is 0 Å². The predicted octanol–water partition coefficient (Wildman–Crippen LogP) is 3.53. The predicted molar refractivity (Wildman–Crippen MR) is 103 cm³/mol. The Kier molecular flexibility index (Phi) is 7.07. The molecular weight excluding hydrogens is 427 g/mol. The van der Waals surface area contributed by atoms with Gasteiger partial charge in [0.1, 0.15) is 11.6 Å². The summed E-state index contributed by atoms with van der Waals surface area (Å²) in [6.45, 7) is 1.65. The summed E-state index contributed by atoms with van der Waals surface area (Å²) in [5.74, 6) is -0.783. The third-order valence-electron chi connectivity index (χ3n) is 3.62. The number of rotatable bonds is 6. The van der Waals surface area contributed by atoms with Crippen molar-refractivity contribution < 1.29 is 14.0 Å². The number of carbonyl (C=O) groups is 2. The van der Waals surface area contributed by atoms with Crippen LogP contribution in [-0.2, 0) is 9.59 Å². The molecule has 1 atom stereocenters. The number of halogens is 3. The molecule has 2 amide bonds. The maximum atomic E-state index is 13.2. The average Bonchev–Trinajstić information content (AvgIpc) is 2.59. The molecule has 2 N–H and O–H groups in total. The lowest BCUT2D eigenvalue weighted by Crippen LogP contribution is -2.43. The van der Waals surface area contributed by atoms with E-state index in [1.807, 2.05) is 0 Å². The molecule has 138 valence electrons. The van der Waals surface area contributed by atoms with Gasteiger partial charge in [-0.3, -0.25) is 14.5 Å². The molecular formula is C17H17BrClFN4O2. The minimum absolute atomic E-state index is 0.00347. The Labute approximate surface area is 163 Å². The minimum atomic E-state index is -0.595. The highest BCUT2D eigenvalue weighted by molar-refractivity contribution is 9.10. The molecule has 1 aromatic carbocycles. The van der Waals surface area contributed by atoms with Gasteiger partial charge < -0.3 is 10.6 Å². The van der Waals surface area contributed by atoms with Crippen LogP contribution in [0.1, 0.15) is 6.92 Å². The van der Waals surface area contributed by atoms with Gasteiger partial charge >= 0.3 is 0 Å². The van der Waals surface area contributed by atoms with Gasteiger partial charge in [0.2, 0.25) is 11.8 Å². The fourth-order valence-corrected chi connectivity index (χ4v) is 2.43. The Bertz CT molecular complexity index is 804. The second-order valence-corrected chi connectivity index (χ2v) is 6.94. The van der Waals surface area contributed by atoms with Crippen LogP contribution in [0, 0.1) is 5.82 Å². The first-order valence-electron chi connectivity index (χ1n) is 7.64. The van der Waals surface area contributed by atoms with Crippen molar-refractivity contribution in [1.82, 2.24) is 9.88 Å². The van der Waals surface area contributed by atoms with Crippen LogP contribution >= 0.6 is 27.5 Å². The van der Waals surface area contributed by atoms with Gasteiger partial charge in [-0.25, -0.2) is 9.37 Å². The second kappa shape index (κ2) is 9.07. The van der Waals surface area contributed by atoms with E-state index in [1.54, 1.807) is 37.2 Å². The van der Waals surface area contributed by atoms with E-state index in [1.165, 1.54) is 18.2 Å². The van der Waals surface area contributed by atoms with E-state index < -0.39 is 11.9 Å². The molecule has 0 saturated heterocycles. The molecule has 2 rings (SSSR count). The number of amides is 2. The molecule has 0 aliphatic rings. The summed E-state index contributed by atoms with van der Waals surface area (Å²) in [7, 11) is 1.65. The molecule has 0 radical (unpaired) electrons. The molecule has 9 heteroatoms. The topological polar surface area (TPSA) is 74.3 Å². The van der Waals surface area contributed by atoms with Gasteiger partial charge in [-0.05, 0) is 60.2 Å². The maximum absolute atomic E-state index is 13.2. The van der Waals surface area contributed by atoms with Gasteiger partial charge in [0, 0.05) is 16.4 Å². The summed E-state index contributed by atoms with van der Waals surface area (Å²) in [6.07, 6.45) is 1.57. The Balaban J connectivity index is 1.89. The first-order chi connectivity index (χ1) is 12.3. The first kappa shape index (κ1) is 20.3. The van der Waals surface area contributed by atoms with E-state index in [-0.39, 0.29) is 23.4 Å². The van der Waals surface area contributed by atoms with Gasteiger partial charge in [-0.1, -0.05) is 11.6 Å². The summed E-state index contributed by atoms with van der Waals surface area (Å²) in [6, 6.07) is 6.74. The van der Waals surface area contributed by atoms with E-state index in [9.17, 15) is 14.0 Å². The number of likely N-dealkylation sites (N-methyl/N-ethyl adjacent to an activating group) is 1. The largest absolute Gasteiger partial charge is 0.325 e. The molecule has 0 aliphatic heterocycles. The van der Waals surface area contributed by atoms with Crippen LogP contribution in [0.2, 0.25) is 5.02 Å². The van der Waals surface area contributed by atoms with E-state index in [0.29, 0.717) is 11.5 Å². The van der Waals surface area contributed by atoms with Crippen LogP contribution < -0.4 is 10.6 Å². The van der Waals surface area contributed by atoms with Crippen LogP contribution in [-0.4, -0.2) is 41.3 Å². The summed E-state index contributed by atoms with van der Waals surface area (Å²) in [5, 5.41) is 5.21. The number of aromatic nitrogens is 1. The third-order valence-corrected chi connectivity index (χ3v) is 4.37. The third kappa shape index (κ3) is 5.76.